The SMILES string of the molecule is CC[C@H](SC1=Nc2ccccc2C2=N[C@H](C(C)C)C(=O)N12)C(=O)Nc1ccccc1. The maximum Gasteiger partial charge on any atom is 0.259 e. The topological polar surface area (TPSA) is 74.1 Å². The zero-order valence-electron chi connectivity index (χ0n) is 17.2. The molecule has 6 nitrogen and oxygen atoms in total. The van der Waals surface area contributed by atoms with Crippen LogP contribution in [-0.2, 0) is 9.59 Å². The van der Waals surface area contributed by atoms with Crippen molar-refractivity contribution in [2.24, 2.45) is 15.9 Å². The van der Waals surface area contributed by atoms with Gasteiger partial charge >= 0.3 is 0 Å². The average Bonchev–Trinajstić information content (AvgIpc) is 3.10. The minimum absolute atomic E-state index is 0.0809. The Labute approximate surface area is 180 Å². The molecule has 0 aliphatic carbocycles. The minimum Gasteiger partial charge on any atom is -0.325 e. The monoisotopic (exact) mass is 420 g/mol. The van der Waals surface area contributed by atoms with Crippen molar-refractivity contribution in [2.75, 3.05) is 5.32 Å². The average molecular weight is 421 g/mol. The maximum atomic E-state index is 13.1. The highest BCUT2D eigenvalue weighted by Gasteiger charge is 2.43. The summed E-state index contributed by atoms with van der Waals surface area (Å²) in [6.07, 6.45) is 0.603. The van der Waals surface area contributed by atoms with Gasteiger partial charge in [0.2, 0.25) is 5.91 Å². The lowest BCUT2D eigenvalue weighted by Gasteiger charge is -2.27. The third-order valence-electron chi connectivity index (χ3n) is 5.08. The van der Waals surface area contributed by atoms with Crippen molar-refractivity contribution in [3.05, 3.63) is 60.2 Å². The number of nitrogens with one attached hydrogen (secondary N) is 1. The molecule has 0 fully saturated rings. The van der Waals surface area contributed by atoms with Crippen LogP contribution in [0.1, 0.15) is 32.8 Å². The first-order valence-corrected chi connectivity index (χ1v) is 11.0. The Morgan fingerprint density at radius 3 is 2.53 bits per heavy atom. The number of aliphatic imine (C=N–C) groups is 2. The third-order valence-corrected chi connectivity index (χ3v) is 6.40. The highest BCUT2D eigenvalue weighted by atomic mass is 32.2. The van der Waals surface area contributed by atoms with E-state index in [1.165, 1.54) is 11.8 Å². The summed E-state index contributed by atoms with van der Waals surface area (Å²) in [5.74, 6) is 0.516. The normalized spacial score (nSPS) is 18.5. The summed E-state index contributed by atoms with van der Waals surface area (Å²) in [5.41, 5.74) is 2.36. The second-order valence-corrected chi connectivity index (χ2v) is 8.77. The molecular formula is C23H24N4O2S. The van der Waals surface area contributed by atoms with E-state index in [-0.39, 0.29) is 23.0 Å². The predicted octanol–water partition coefficient (Wildman–Crippen LogP) is 4.45. The predicted molar refractivity (Wildman–Crippen MR) is 122 cm³/mol. The van der Waals surface area contributed by atoms with Crippen molar-refractivity contribution in [1.82, 2.24) is 4.90 Å². The molecule has 4 rings (SSSR count). The number of rotatable bonds is 5. The van der Waals surface area contributed by atoms with E-state index in [9.17, 15) is 9.59 Å². The van der Waals surface area contributed by atoms with E-state index in [1.54, 1.807) is 4.90 Å². The Bertz CT molecular complexity index is 1030. The molecule has 30 heavy (non-hydrogen) atoms. The summed E-state index contributed by atoms with van der Waals surface area (Å²) in [6, 6.07) is 16.6. The van der Waals surface area contributed by atoms with Crippen molar-refractivity contribution >= 4 is 46.0 Å². The van der Waals surface area contributed by atoms with Crippen molar-refractivity contribution < 1.29 is 9.59 Å². The number of carbonyl (C=O) groups excluding carboxylic acids is 2. The van der Waals surface area contributed by atoms with Crippen LogP contribution in [0.15, 0.2) is 64.6 Å². The fourth-order valence-corrected chi connectivity index (χ4v) is 4.50. The molecule has 154 valence electrons. The van der Waals surface area contributed by atoms with Crippen LogP contribution in [0.2, 0.25) is 0 Å². The molecule has 2 aromatic carbocycles. The van der Waals surface area contributed by atoms with Gasteiger partial charge in [0.05, 0.1) is 10.9 Å². The van der Waals surface area contributed by atoms with E-state index in [4.69, 9.17) is 9.98 Å². The first-order chi connectivity index (χ1) is 14.5. The van der Waals surface area contributed by atoms with Gasteiger partial charge < -0.3 is 5.32 Å². The molecule has 1 N–H and O–H groups in total. The Morgan fingerprint density at radius 1 is 1.13 bits per heavy atom. The molecule has 0 bridgehead atoms. The largest absolute Gasteiger partial charge is 0.325 e. The van der Waals surface area contributed by atoms with Gasteiger partial charge in [0.1, 0.15) is 11.9 Å². The minimum atomic E-state index is -0.435. The molecule has 7 heteroatoms. The van der Waals surface area contributed by atoms with E-state index in [0.29, 0.717) is 17.4 Å². The smallest absolute Gasteiger partial charge is 0.259 e. The zero-order valence-corrected chi connectivity index (χ0v) is 18.0. The number of nitrogens with zero attached hydrogens (tertiary/aromatic N) is 3. The molecule has 2 aliphatic rings. The van der Waals surface area contributed by atoms with Gasteiger partial charge in [-0.15, -0.1) is 0 Å². The van der Waals surface area contributed by atoms with E-state index in [1.807, 2.05) is 75.4 Å². The molecule has 0 radical (unpaired) electrons. The fraction of sp³-hybridized carbons (Fsp3) is 0.304. The molecular weight excluding hydrogens is 396 g/mol. The number of anilines is 1. The van der Waals surface area contributed by atoms with Crippen molar-refractivity contribution in [3.8, 4) is 0 Å². The van der Waals surface area contributed by atoms with E-state index >= 15 is 0 Å². The molecule has 2 atom stereocenters. The third kappa shape index (κ3) is 3.77. The lowest BCUT2D eigenvalue weighted by molar-refractivity contribution is -0.125. The van der Waals surface area contributed by atoms with Crippen LogP contribution in [0.5, 0.6) is 0 Å². The Balaban J connectivity index is 1.64. The van der Waals surface area contributed by atoms with Crippen LogP contribution in [0.25, 0.3) is 0 Å². The number of amides is 2. The Hall–Kier alpha value is -2.93. The molecule has 0 saturated carbocycles. The zero-order chi connectivity index (χ0) is 21.3. The quantitative estimate of drug-likeness (QED) is 0.776. The molecule has 0 saturated heterocycles. The summed E-state index contributed by atoms with van der Waals surface area (Å²) >= 11 is 1.31. The number of para-hydroxylation sites is 2. The van der Waals surface area contributed by atoms with Crippen LogP contribution >= 0.6 is 11.8 Å². The second-order valence-electron chi connectivity index (χ2n) is 7.60. The van der Waals surface area contributed by atoms with Gasteiger partial charge in [-0.3, -0.25) is 14.6 Å². The van der Waals surface area contributed by atoms with Gasteiger partial charge in [-0.2, -0.15) is 0 Å². The van der Waals surface area contributed by atoms with Gasteiger partial charge in [0.15, 0.2) is 5.17 Å². The van der Waals surface area contributed by atoms with Gasteiger partial charge in [-0.1, -0.05) is 62.9 Å². The molecule has 2 heterocycles. The van der Waals surface area contributed by atoms with Crippen LogP contribution in [0, 0.1) is 5.92 Å². The molecule has 2 aliphatic heterocycles. The van der Waals surface area contributed by atoms with Gasteiger partial charge in [-0.25, -0.2) is 9.89 Å². The highest BCUT2D eigenvalue weighted by Crippen LogP contribution is 2.36. The van der Waals surface area contributed by atoms with Crippen molar-refractivity contribution in [1.29, 1.82) is 0 Å². The molecule has 0 spiro atoms. The summed E-state index contributed by atoms with van der Waals surface area (Å²) in [7, 11) is 0. The fourth-order valence-electron chi connectivity index (χ4n) is 3.48. The number of hydrogen-bond donors (Lipinski definition) is 1. The second kappa shape index (κ2) is 8.44. The van der Waals surface area contributed by atoms with Crippen molar-refractivity contribution in [2.45, 2.75) is 38.5 Å². The van der Waals surface area contributed by atoms with Crippen molar-refractivity contribution in [3.63, 3.8) is 0 Å². The summed E-state index contributed by atoms with van der Waals surface area (Å²) in [4.78, 5) is 37.1. The van der Waals surface area contributed by atoms with E-state index < -0.39 is 6.04 Å². The number of benzene rings is 2. The molecule has 0 unspecified atom stereocenters. The number of hydrogen-bond acceptors (Lipinski definition) is 5. The molecule has 2 aromatic rings. The lowest BCUT2D eigenvalue weighted by Crippen LogP contribution is -2.43. The maximum absolute atomic E-state index is 13.1. The molecule has 0 aromatic heterocycles. The number of thioether (sulfide) groups is 1. The first kappa shape index (κ1) is 20.3. The van der Waals surface area contributed by atoms with Gasteiger partial charge in [0, 0.05) is 11.3 Å². The summed E-state index contributed by atoms with van der Waals surface area (Å²) < 4.78 is 0. The van der Waals surface area contributed by atoms with Gasteiger partial charge in [-0.05, 0) is 36.6 Å². The lowest BCUT2D eigenvalue weighted by atomic mass is 10.1. The number of carbonyl (C=O) groups is 2. The highest BCUT2D eigenvalue weighted by molar-refractivity contribution is 8.15. The molecule has 2 amide bonds. The Kier molecular flexibility index (Phi) is 5.72. The van der Waals surface area contributed by atoms with Crippen LogP contribution in [0.3, 0.4) is 0 Å². The van der Waals surface area contributed by atoms with Crippen LogP contribution in [0.4, 0.5) is 11.4 Å². The van der Waals surface area contributed by atoms with Gasteiger partial charge in [0.25, 0.3) is 5.91 Å². The number of amidine groups is 2. The van der Waals surface area contributed by atoms with E-state index in [2.05, 4.69) is 5.32 Å². The first-order valence-electron chi connectivity index (χ1n) is 10.1. The van der Waals surface area contributed by atoms with Crippen LogP contribution in [-0.4, -0.2) is 39.0 Å². The Morgan fingerprint density at radius 2 is 1.83 bits per heavy atom. The summed E-state index contributed by atoms with van der Waals surface area (Å²) in [5, 5.41) is 3.07. The standard InChI is InChI=1S/C23H24N4O2S/c1-4-18(21(28)24-15-10-6-5-7-11-15)30-23-25-17-13-9-8-12-16(17)20-26-19(14(2)3)22(29)27(20)23/h5-14,18-19H,4H2,1-3H3,(H,24,28)/t18-,19+/m0/s1. The van der Waals surface area contributed by atoms with E-state index in [0.717, 1.165) is 16.9 Å². The summed E-state index contributed by atoms with van der Waals surface area (Å²) in [6.45, 7) is 5.93. The number of fused-ring (bicyclic) bond motifs is 3. The van der Waals surface area contributed by atoms with Crippen LogP contribution < -0.4 is 5.32 Å².